The third kappa shape index (κ3) is 2.76. The molecular weight excluding hydrogens is 206 g/mol. The summed E-state index contributed by atoms with van der Waals surface area (Å²) < 4.78 is 0. The highest BCUT2D eigenvalue weighted by molar-refractivity contribution is 9.09. The van der Waals surface area contributed by atoms with Crippen LogP contribution in [0.5, 0.6) is 0 Å². The van der Waals surface area contributed by atoms with Gasteiger partial charge < -0.3 is 0 Å². The second-order valence-electron chi connectivity index (χ2n) is 2.94. The van der Waals surface area contributed by atoms with Gasteiger partial charge in [0.05, 0.1) is 6.04 Å². The summed E-state index contributed by atoms with van der Waals surface area (Å²) in [5.41, 5.74) is 0. The van der Waals surface area contributed by atoms with Gasteiger partial charge in [-0.25, -0.2) is 9.79 Å². The summed E-state index contributed by atoms with van der Waals surface area (Å²) in [7, 11) is 0. The highest BCUT2D eigenvalue weighted by Gasteiger charge is 2.19. The van der Waals surface area contributed by atoms with Gasteiger partial charge in [-0.2, -0.15) is 0 Å². The second kappa shape index (κ2) is 4.68. The summed E-state index contributed by atoms with van der Waals surface area (Å²) in [6.45, 7) is 0. The third-order valence-corrected chi connectivity index (χ3v) is 3.18. The molecule has 0 aromatic carbocycles. The van der Waals surface area contributed by atoms with E-state index in [4.69, 9.17) is 0 Å². The van der Waals surface area contributed by atoms with Crippen LogP contribution in [0.2, 0.25) is 0 Å². The Labute approximate surface area is 75.2 Å². The van der Waals surface area contributed by atoms with Gasteiger partial charge in [-0.05, 0) is 12.8 Å². The third-order valence-electron chi connectivity index (χ3n) is 2.12. The number of nitrogens with zero attached hydrogens (tertiary/aromatic N) is 1. The van der Waals surface area contributed by atoms with E-state index in [1.165, 1.54) is 19.3 Å². The van der Waals surface area contributed by atoms with E-state index in [2.05, 4.69) is 20.9 Å². The zero-order chi connectivity index (χ0) is 8.10. The van der Waals surface area contributed by atoms with Gasteiger partial charge in [0.1, 0.15) is 0 Å². The Balaban J connectivity index is 2.51. The maximum Gasteiger partial charge on any atom is 0.235 e. The van der Waals surface area contributed by atoms with E-state index < -0.39 is 0 Å². The lowest BCUT2D eigenvalue weighted by atomic mass is 10.1. The van der Waals surface area contributed by atoms with Crippen LogP contribution in [-0.4, -0.2) is 16.9 Å². The molecular formula is C8H12BrNO. The number of isocyanates is 1. The number of hydrogen-bond donors (Lipinski definition) is 0. The number of hydrogen-bond acceptors (Lipinski definition) is 2. The molecule has 2 nitrogen and oxygen atoms in total. The first-order chi connectivity index (χ1) is 5.34. The Morgan fingerprint density at radius 2 is 2.00 bits per heavy atom. The summed E-state index contributed by atoms with van der Waals surface area (Å²) in [4.78, 5) is 14.2. The molecule has 0 aromatic heterocycles. The highest BCUT2D eigenvalue weighted by Crippen LogP contribution is 2.25. The molecule has 0 heterocycles. The fourth-order valence-electron chi connectivity index (χ4n) is 1.46. The maximum atomic E-state index is 10.0. The van der Waals surface area contributed by atoms with Crippen LogP contribution in [0.3, 0.4) is 0 Å². The fraction of sp³-hybridized carbons (Fsp3) is 0.875. The van der Waals surface area contributed by atoms with E-state index in [1.807, 2.05) is 0 Å². The topological polar surface area (TPSA) is 29.4 Å². The van der Waals surface area contributed by atoms with Crippen LogP contribution in [0, 0.1) is 0 Å². The molecule has 1 aliphatic carbocycles. The van der Waals surface area contributed by atoms with E-state index in [0.717, 1.165) is 12.8 Å². The van der Waals surface area contributed by atoms with Crippen LogP contribution in [0.1, 0.15) is 32.1 Å². The SMILES string of the molecule is O=C=NC1CCCCCC1Br. The number of alkyl halides is 1. The average molecular weight is 218 g/mol. The maximum absolute atomic E-state index is 10.0. The second-order valence-corrected chi connectivity index (χ2v) is 4.12. The zero-order valence-corrected chi connectivity index (χ0v) is 8.01. The average Bonchev–Trinajstić information content (AvgIpc) is 2.18. The number of halogens is 1. The van der Waals surface area contributed by atoms with Crippen LogP contribution in [-0.2, 0) is 4.79 Å². The van der Waals surface area contributed by atoms with Gasteiger partial charge in [0, 0.05) is 4.83 Å². The van der Waals surface area contributed by atoms with Crippen molar-refractivity contribution in [2.75, 3.05) is 0 Å². The molecule has 0 aliphatic heterocycles. The summed E-state index contributed by atoms with van der Waals surface area (Å²) in [6, 6.07) is 0.176. The van der Waals surface area contributed by atoms with Gasteiger partial charge in [-0.3, -0.25) is 0 Å². The van der Waals surface area contributed by atoms with Crippen LogP contribution < -0.4 is 0 Å². The molecule has 0 radical (unpaired) electrons. The van der Waals surface area contributed by atoms with Gasteiger partial charge in [-0.1, -0.05) is 35.2 Å². The summed E-state index contributed by atoms with van der Waals surface area (Å²) >= 11 is 3.53. The summed E-state index contributed by atoms with van der Waals surface area (Å²) in [5, 5.41) is 0. The van der Waals surface area contributed by atoms with Gasteiger partial charge in [-0.15, -0.1) is 0 Å². The molecule has 0 amide bonds. The van der Waals surface area contributed by atoms with Crippen molar-refractivity contribution in [3.05, 3.63) is 0 Å². The molecule has 0 spiro atoms. The molecule has 1 saturated carbocycles. The Morgan fingerprint density at radius 3 is 2.73 bits per heavy atom. The molecule has 2 atom stereocenters. The smallest absolute Gasteiger partial charge is 0.211 e. The van der Waals surface area contributed by atoms with Crippen LogP contribution in [0.15, 0.2) is 4.99 Å². The molecule has 1 fully saturated rings. The number of aliphatic imine (C=N–C) groups is 1. The molecule has 0 saturated heterocycles. The van der Waals surface area contributed by atoms with Gasteiger partial charge in [0.2, 0.25) is 6.08 Å². The van der Waals surface area contributed by atoms with Gasteiger partial charge in [0.15, 0.2) is 0 Å². The predicted octanol–water partition coefficient (Wildman–Crippen LogP) is 2.42. The summed E-state index contributed by atoms with van der Waals surface area (Å²) in [6.07, 6.45) is 7.52. The van der Waals surface area contributed by atoms with Gasteiger partial charge in [0.25, 0.3) is 0 Å². The van der Waals surface area contributed by atoms with Crippen molar-refractivity contribution < 1.29 is 4.79 Å². The molecule has 0 bridgehead atoms. The summed E-state index contributed by atoms with van der Waals surface area (Å²) in [5.74, 6) is 0. The highest BCUT2D eigenvalue weighted by atomic mass is 79.9. The van der Waals surface area contributed by atoms with E-state index in [0.29, 0.717) is 4.83 Å². The molecule has 62 valence electrons. The van der Waals surface area contributed by atoms with E-state index in [1.54, 1.807) is 6.08 Å². The normalized spacial score (nSPS) is 32.1. The minimum Gasteiger partial charge on any atom is -0.211 e. The number of rotatable bonds is 1. The van der Waals surface area contributed by atoms with Crippen molar-refractivity contribution in [1.82, 2.24) is 0 Å². The van der Waals surface area contributed by atoms with Gasteiger partial charge >= 0.3 is 0 Å². The van der Waals surface area contributed by atoms with Crippen molar-refractivity contribution in [3.63, 3.8) is 0 Å². The fourth-order valence-corrected chi connectivity index (χ4v) is 2.16. The molecule has 1 rings (SSSR count). The Hall–Kier alpha value is -0.140. The molecule has 3 heteroatoms. The minimum absolute atomic E-state index is 0.176. The first-order valence-electron chi connectivity index (χ1n) is 4.05. The molecule has 1 aliphatic rings. The first-order valence-corrected chi connectivity index (χ1v) is 4.97. The number of carbonyl (C=O) groups excluding carboxylic acids is 1. The Bertz CT molecular complexity index is 165. The standard InChI is InChI=1S/C8H12BrNO/c9-7-4-2-1-3-5-8(7)10-6-11/h7-8H,1-5H2. The van der Waals surface area contributed by atoms with Crippen LogP contribution in [0.25, 0.3) is 0 Å². The lowest BCUT2D eigenvalue weighted by molar-refractivity contribution is 0.546. The van der Waals surface area contributed by atoms with Crippen molar-refractivity contribution >= 4 is 22.0 Å². The first kappa shape index (κ1) is 8.95. The zero-order valence-electron chi connectivity index (χ0n) is 6.42. The van der Waals surface area contributed by atoms with E-state index in [9.17, 15) is 4.79 Å². The lowest BCUT2D eigenvalue weighted by Gasteiger charge is -2.11. The predicted molar refractivity (Wildman–Crippen MR) is 47.7 cm³/mol. The Kier molecular flexibility index (Phi) is 3.81. The molecule has 11 heavy (non-hydrogen) atoms. The van der Waals surface area contributed by atoms with Crippen molar-refractivity contribution in [3.8, 4) is 0 Å². The molecule has 2 unspecified atom stereocenters. The van der Waals surface area contributed by atoms with Crippen molar-refractivity contribution in [2.24, 2.45) is 4.99 Å². The quantitative estimate of drug-likeness (QED) is 0.287. The van der Waals surface area contributed by atoms with E-state index in [-0.39, 0.29) is 6.04 Å². The monoisotopic (exact) mass is 217 g/mol. The van der Waals surface area contributed by atoms with Crippen molar-refractivity contribution in [1.29, 1.82) is 0 Å². The van der Waals surface area contributed by atoms with Crippen LogP contribution in [0.4, 0.5) is 0 Å². The largest absolute Gasteiger partial charge is 0.235 e. The van der Waals surface area contributed by atoms with Crippen LogP contribution >= 0.6 is 15.9 Å². The lowest BCUT2D eigenvalue weighted by Crippen LogP contribution is -2.16. The Morgan fingerprint density at radius 1 is 1.27 bits per heavy atom. The van der Waals surface area contributed by atoms with Crippen molar-refractivity contribution in [2.45, 2.75) is 43.0 Å². The van der Waals surface area contributed by atoms with E-state index >= 15 is 0 Å². The molecule has 0 aromatic rings. The molecule has 0 N–H and O–H groups in total. The minimum atomic E-state index is 0.176.